The quantitative estimate of drug-likeness (QED) is 0.120. The maximum absolute atomic E-state index is 7.64. The molecule has 0 atom stereocenters. The Morgan fingerprint density at radius 3 is 2.00 bits per heavy atom. The second-order valence-corrected chi connectivity index (χ2v) is 11.4. The number of benzene rings is 6. The molecule has 3 heterocycles. The van der Waals surface area contributed by atoms with Gasteiger partial charge < -0.3 is 4.57 Å². The Morgan fingerprint density at radius 1 is 0.489 bits per heavy atom. The third kappa shape index (κ3) is 3.99. The first kappa shape index (κ1) is 25.2. The van der Waals surface area contributed by atoms with Crippen LogP contribution in [0.15, 0.2) is 146 Å². The Hall–Kier alpha value is -6.31. The van der Waals surface area contributed by atoms with E-state index in [1.807, 2.05) is 30.3 Å². The number of pyridine rings is 2. The normalized spacial score (nSPS) is 11.5. The van der Waals surface area contributed by atoms with Crippen molar-refractivity contribution in [3.8, 4) is 28.1 Å². The smallest absolute Gasteiger partial charge is 0.188 e. The van der Waals surface area contributed by atoms with Crippen LogP contribution in [-0.4, -0.2) is 14.5 Å². The summed E-state index contributed by atoms with van der Waals surface area (Å²) in [6.45, 7) is 7.64. The first-order chi connectivity index (χ1) is 22.2. The van der Waals surface area contributed by atoms with Crippen LogP contribution in [0.1, 0.15) is 0 Å². The summed E-state index contributed by atoms with van der Waals surface area (Å²) in [5.41, 5.74) is 10.9. The molecule has 0 amide bonds. The minimum absolute atomic E-state index is 0.635. The van der Waals surface area contributed by atoms with Crippen LogP contribution in [0.5, 0.6) is 0 Å². The summed E-state index contributed by atoms with van der Waals surface area (Å²) in [5.74, 6) is 0. The summed E-state index contributed by atoms with van der Waals surface area (Å²) in [5, 5.41) is 5.36. The molecule has 0 aliphatic carbocycles. The Labute approximate surface area is 259 Å². The maximum atomic E-state index is 7.64. The van der Waals surface area contributed by atoms with Gasteiger partial charge in [0.1, 0.15) is 0 Å². The predicted molar refractivity (Wildman–Crippen MR) is 186 cm³/mol. The van der Waals surface area contributed by atoms with Crippen molar-refractivity contribution in [2.75, 3.05) is 0 Å². The van der Waals surface area contributed by atoms with Crippen molar-refractivity contribution in [2.45, 2.75) is 0 Å². The van der Waals surface area contributed by atoms with E-state index in [9.17, 15) is 0 Å². The van der Waals surface area contributed by atoms with E-state index >= 15 is 0 Å². The zero-order chi connectivity index (χ0) is 29.9. The highest BCUT2D eigenvalue weighted by Gasteiger charge is 2.16. The number of rotatable bonds is 3. The van der Waals surface area contributed by atoms with Crippen molar-refractivity contribution in [3.63, 3.8) is 0 Å². The maximum Gasteiger partial charge on any atom is 0.188 e. The molecule has 0 fully saturated rings. The van der Waals surface area contributed by atoms with Gasteiger partial charge in [0.2, 0.25) is 0 Å². The van der Waals surface area contributed by atoms with E-state index in [0.29, 0.717) is 5.69 Å². The molecule has 0 N–H and O–H groups in total. The Balaban J connectivity index is 1.29. The molecule has 9 rings (SSSR count). The zero-order valence-corrected chi connectivity index (χ0v) is 24.1. The van der Waals surface area contributed by atoms with E-state index in [4.69, 9.17) is 16.5 Å². The lowest BCUT2D eigenvalue weighted by molar-refractivity contribution is 1.18. The first-order valence-corrected chi connectivity index (χ1v) is 15.0. The molecule has 0 radical (unpaired) electrons. The van der Waals surface area contributed by atoms with Crippen LogP contribution in [0.4, 0.5) is 5.69 Å². The molecule has 0 bridgehead atoms. The molecule has 0 aliphatic heterocycles. The summed E-state index contributed by atoms with van der Waals surface area (Å²) in [7, 11) is 0. The third-order valence-corrected chi connectivity index (χ3v) is 8.74. The predicted octanol–water partition coefficient (Wildman–Crippen LogP) is 10.9. The lowest BCUT2D eigenvalue weighted by Gasteiger charge is -2.12. The number of nitrogens with zero attached hydrogens (tertiary/aromatic N) is 4. The number of hydrogen-bond acceptors (Lipinski definition) is 2. The van der Waals surface area contributed by atoms with Gasteiger partial charge in [0.05, 0.1) is 39.8 Å². The van der Waals surface area contributed by atoms with Crippen LogP contribution in [0.2, 0.25) is 0 Å². The lowest BCUT2D eigenvalue weighted by atomic mass is 9.98. The average molecular weight is 573 g/mol. The van der Waals surface area contributed by atoms with Gasteiger partial charge in [-0.2, -0.15) is 0 Å². The van der Waals surface area contributed by atoms with E-state index in [2.05, 4.69) is 125 Å². The van der Waals surface area contributed by atoms with Crippen LogP contribution in [0.25, 0.3) is 87.4 Å². The first-order valence-electron chi connectivity index (χ1n) is 15.0. The van der Waals surface area contributed by atoms with Crippen LogP contribution in [0, 0.1) is 6.57 Å². The van der Waals surface area contributed by atoms with Crippen LogP contribution >= 0.6 is 0 Å². The minimum atomic E-state index is 0.635. The van der Waals surface area contributed by atoms with Gasteiger partial charge >= 0.3 is 0 Å². The summed E-state index contributed by atoms with van der Waals surface area (Å²) in [6, 6.07) is 50.3. The summed E-state index contributed by atoms with van der Waals surface area (Å²) in [6.07, 6.45) is 0. The molecule has 0 spiro atoms. The molecule has 0 saturated carbocycles. The molecular formula is C41H24N4. The molecular weight excluding hydrogens is 548 g/mol. The highest BCUT2D eigenvalue weighted by atomic mass is 15.0. The number of hydrogen-bond donors (Lipinski definition) is 0. The van der Waals surface area contributed by atoms with E-state index in [-0.39, 0.29) is 0 Å². The fourth-order valence-corrected chi connectivity index (χ4v) is 6.62. The van der Waals surface area contributed by atoms with Crippen molar-refractivity contribution in [2.24, 2.45) is 0 Å². The van der Waals surface area contributed by atoms with E-state index in [1.165, 1.54) is 0 Å². The summed E-state index contributed by atoms with van der Waals surface area (Å²) < 4.78 is 2.28. The van der Waals surface area contributed by atoms with Crippen molar-refractivity contribution < 1.29 is 0 Å². The van der Waals surface area contributed by atoms with Gasteiger partial charge in [-0.3, -0.25) is 0 Å². The minimum Gasteiger partial charge on any atom is -0.309 e. The molecule has 45 heavy (non-hydrogen) atoms. The molecule has 6 aromatic carbocycles. The average Bonchev–Trinajstić information content (AvgIpc) is 3.44. The van der Waals surface area contributed by atoms with E-state index in [1.54, 1.807) is 0 Å². The molecule has 4 nitrogen and oxygen atoms in total. The second-order valence-electron chi connectivity index (χ2n) is 11.4. The van der Waals surface area contributed by atoms with Gasteiger partial charge in [0.15, 0.2) is 5.69 Å². The Bertz CT molecular complexity index is 2650. The molecule has 4 heteroatoms. The molecule has 9 aromatic rings. The van der Waals surface area contributed by atoms with E-state index in [0.717, 1.165) is 82.6 Å². The summed E-state index contributed by atoms with van der Waals surface area (Å²) >= 11 is 0. The van der Waals surface area contributed by atoms with Crippen molar-refractivity contribution >= 4 is 60.2 Å². The SMILES string of the molecule is [C-]#[N+]c1ccc2c(c1)c1cc(-c3ccc4c(c3)nc(-c3ccccc3)c3cc5ccccc5nc34)ccc1n2-c1ccccc1. The van der Waals surface area contributed by atoms with Gasteiger partial charge in [0, 0.05) is 32.8 Å². The molecule has 0 unspecified atom stereocenters. The van der Waals surface area contributed by atoms with Gasteiger partial charge in [0.25, 0.3) is 0 Å². The highest BCUT2D eigenvalue weighted by Crippen LogP contribution is 2.39. The van der Waals surface area contributed by atoms with Gasteiger partial charge in [-0.25, -0.2) is 14.8 Å². The van der Waals surface area contributed by atoms with Crippen molar-refractivity contribution in [3.05, 3.63) is 157 Å². The van der Waals surface area contributed by atoms with Crippen LogP contribution < -0.4 is 0 Å². The van der Waals surface area contributed by atoms with Crippen molar-refractivity contribution in [1.82, 2.24) is 14.5 Å². The highest BCUT2D eigenvalue weighted by molar-refractivity contribution is 6.14. The topological polar surface area (TPSA) is 35.1 Å². The number of fused-ring (bicyclic) bond motifs is 7. The van der Waals surface area contributed by atoms with Gasteiger partial charge in [-0.1, -0.05) is 84.9 Å². The fraction of sp³-hybridized carbons (Fsp3) is 0. The van der Waals surface area contributed by atoms with Crippen LogP contribution in [-0.2, 0) is 0 Å². The summed E-state index contributed by atoms with van der Waals surface area (Å²) in [4.78, 5) is 14.1. The lowest BCUT2D eigenvalue weighted by Crippen LogP contribution is -1.94. The molecule has 208 valence electrons. The standard InChI is InChI=1S/C41H24N4/c1-42-30-18-21-39-34(25-30)33-22-27(17-20-38(33)45(39)31-13-6-3-7-14-31)28-16-19-32-37(24-28)44-40(26-10-4-2-5-11-26)35-23-29-12-8-9-15-36(29)43-41(32)35/h2-25H. The zero-order valence-electron chi connectivity index (χ0n) is 24.1. The fourth-order valence-electron chi connectivity index (χ4n) is 6.62. The molecule has 0 saturated heterocycles. The number of aromatic nitrogens is 3. The number of para-hydroxylation sites is 2. The second kappa shape index (κ2) is 9.87. The van der Waals surface area contributed by atoms with E-state index < -0.39 is 0 Å². The molecule has 0 aliphatic rings. The monoisotopic (exact) mass is 572 g/mol. The Morgan fingerprint density at radius 2 is 1.18 bits per heavy atom. The van der Waals surface area contributed by atoms with Crippen molar-refractivity contribution in [1.29, 1.82) is 0 Å². The largest absolute Gasteiger partial charge is 0.309 e. The van der Waals surface area contributed by atoms with Gasteiger partial charge in [-0.15, -0.1) is 0 Å². The van der Waals surface area contributed by atoms with Gasteiger partial charge in [-0.05, 0) is 77.2 Å². The Kier molecular flexibility index (Phi) is 5.53. The molecule has 3 aromatic heterocycles. The van der Waals surface area contributed by atoms with Crippen LogP contribution in [0.3, 0.4) is 0 Å². The third-order valence-electron chi connectivity index (χ3n) is 8.74.